The summed E-state index contributed by atoms with van der Waals surface area (Å²) in [7, 11) is -4.59. The van der Waals surface area contributed by atoms with Gasteiger partial charge in [-0.05, 0) is 18.2 Å². The normalized spacial score (nSPS) is 14.0. The van der Waals surface area contributed by atoms with Crippen molar-refractivity contribution in [2.24, 2.45) is 0 Å². The largest absolute Gasteiger partial charge is 0.313 e. The molecule has 8 nitrogen and oxygen atoms in total. The molecule has 0 radical (unpaired) electrons. The average molecular weight is 332 g/mol. The van der Waals surface area contributed by atoms with Crippen molar-refractivity contribution in [3.05, 3.63) is 64.2 Å². The summed E-state index contributed by atoms with van der Waals surface area (Å²) in [6, 6.07) is 10.2. The minimum atomic E-state index is -4.59. The molecule has 0 aromatic heterocycles. The molecule has 116 valence electrons. The number of sulfonamides is 1. The highest BCUT2D eigenvalue weighted by Crippen LogP contribution is 2.35. The fourth-order valence-corrected chi connectivity index (χ4v) is 3.90. The van der Waals surface area contributed by atoms with Crippen molar-refractivity contribution in [1.29, 1.82) is 0 Å². The first-order chi connectivity index (χ1) is 10.9. The van der Waals surface area contributed by atoms with Gasteiger partial charge >= 0.3 is 5.91 Å². The van der Waals surface area contributed by atoms with E-state index in [0.29, 0.717) is 4.31 Å². The summed E-state index contributed by atoms with van der Waals surface area (Å²) in [5, 5.41) is 11.0. The van der Waals surface area contributed by atoms with Gasteiger partial charge in [-0.25, -0.2) is 8.42 Å². The summed E-state index contributed by atoms with van der Waals surface area (Å²) >= 11 is 0. The fraction of sp³-hybridized carbons (Fsp3) is 0. The van der Waals surface area contributed by atoms with Gasteiger partial charge < -0.3 is 0 Å². The molecule has 9 heteroatoms. The third-order valence-corrected chi connectivity index (χ3v) is 5.07. The van der Waals surface area contributed by atoms with Gasteiger partial charge in [0.15, 0.2) is 4.90 Å². The zero-order chi connectivity index (χ0) is 16.8. The number of fused-ring (bicyclic) bond motifs is 1. The number of benzene rings is 2. The van der Waals surface area contributed by atoms with Crippen LogP contribution in [0.4, 0.5) is 11.4 Å². The van der Waals surface area contributed by atoms with Gasteiger partial charge in [-0.1, -0.05) is 24.3 Å². The molecule has 0 saturated heterocycles. The maximum atomic E-state index is 12.7. The van der Waals surface area contributed by atoms with E-state index in [1.165, 1.54) is 36.4 Å². The van der Waals surface area contributed by atoms with E-state index in [2.05, 4.69) is 0 Å². The molecule has 3 rings (SSSR count). The highest BCUT2D eigenvalue weighted by atomic mass is 32.2. The zero-order valence-corrected chi connectivity index (χ0v) is 12.2. The number of nitro groups is 1. The monoisotopic (exact) mass is 332 g/mol. The maximum absolute atomic E-state index is 12.7. The first kappa shape index (κ1) is 14.9. The molecule has 0 unspecified atom stereocenters. The maximum Gasteiger partial charge on any atom is 0.313 e. The van der Waals surface area contributed by atoms with Crippen LogP contribution in [0, 0.1) is 10.1 Å². The minimum Gasteiger partial charge on any atom is -0.283 e. The second-order valence-corrected chi connectivity index (χ2v) is 6.40. The van der Waals surface area contributed by atoms with Crippen LogP contribution in [0.2, 0.25) is 0 Å². The number of hydrogen-bond donors (Lipinski definition) is 0. The molecule has 1 heterocycles. The third kappa shape index (κ3) is 2.09. The Balaban J connectivity index is 2.25. The Morgan fingerprint density at radius 3 is 2.26 bits per heavy atom. The number of rotatable bonds is 3. The number of para-hydroxylation sites is 2. The number of carbonyl (C=O) groups excluding carboxylic acids is 2. The lowest BCUT2D eigenvalue weighted by Gasteiger charge is -2.16. The molecule has 2 aromatic carbocycles. The van der Waals surface area contributed by atoms with Gasteiger partial charge in [-0.3, -0.25) is 19.7 Å². The Hall–Kier alpha value is -3.07. The standard InChI is InChI=1S/C14H8N2O6S/c17-13-9-5-1-2-6-10(9)15(14(13)18)23(21,22)12-8-4-3-7-11(12)16(19)20/h1-8H. The second kappa shape index (κ2) is 4.99. The first-order valence-corrected chi connectivity index (χ1v) is 7.76. The van der Waals surface area contributed by atoms with Gasteiger partial charge in [0.2, 0.25) is 0 Å². The van der Waals surface area contributed by atoms with Crippen LogP contribution in [-0.2, 0) is 14.8 Å². The Kier molecular flexibility index (Phi) is 3.22. The van der Waals surface area contributed by atoms with Crippen molar-refractivity contribution in [3.8, 4) is 0 Å². The van der Waals surface area contributed by atoms with Crippen LogP contribution in [0.1, 0.15) is 10.4 Å². The van der Waals surface area contributed by atoms with E-state index in [1.807, 2.05) is 0 Å². The van der Waals surface area contributed by atoms with E-state index in [1.54, 1.807) is 0 Å². The lowest BCUT2D eigenvalue weighted by atomic mass is 10.1. The Bertz CT molecular complexity index is 967. The first-order valence-electron chi connectivity index (χ1n) is 6.32. The van der Waals surface area contributed by atoms with Crippen molar-refractivity contribution >= 4 is 33.1 Å². The van der Waals surface area contributed by atoms with Crippen LogP contribution in [-0.4, -0.2) is 25.0 Å². The lowest BCUT2D eigenvalue weighted by Crippen LogP contribution is -2.36. The molecule has 1 aliphatic heterocycles. The number of Topliss-reactive ketones (excluding diaryl/α,β-unsaturated/α-hetero) is 1. The molecule has 0 fully saturated rings. The molecule has 2 aromatic rings. The summed E-state index contributed by atoms with van der Waals surface area (Å²) in [6.45, 7) is 0. The minimum absolute atomic E-state index is 0.0559. The topological polar surface area (TPSA) is 115 Å². The van der Waals surface area contributed by atoms with Gasteiger partial charge in [0.25, 0.3) is 21.5 Å². The molecule has 0 atom stereocenters. The molecular weight excluding hydrogens is 324 g/mol. The van der Waals surface area contributed by atoms with Crippen molar-refractivity contribution in [2.45, 2.75) is 4.90 Å². The molecule has 0 bridgehead atoms. The number of carbonyl (C=O) groups is 2. The van der Waals surface area contributed by atoms with Crippen LogP contribution in [0.15, 0.2) is 53.4 Å². The van der Waals surface area contributed by atoms with Crippen LogP contribution >= 0.6 is 0 Å². The van der Waals surface area contributed by atoms with Gasteiger partial charge in [-0.15, -0.1) is 0 Å². The van der Waals surface area contributed by atoms with Crippen LogP contribution in [0.25, 0.3) is 0 Å². The summed E-state index contributed by atoms with van der Waals surface area (Å²) in [5.74, 6) is -2.23. The number of nitrogens with zero attached hydrogens (tertiary/aromatic N) is 2. The van der Waals surface area contributed by atoms with E-state index in [4.69, 9.17) is 0 Å². The Labute approximate surface area is 130 Å². The number of amides is 1. The number of nitro benzene ring substituents is 1. The molecule has 0 saturated carbocycles. The van der Waals surface area contributed by atoms with Crippen LogP contribution < -0.4 is 4.31 Å². The summed E-state index contributed by atoms with van der Waals surface area (Å²) in [5.41, 5.74) is -0.836. The van der Waals surface area contributed by atoms with Gasteiger partial charge in [0.1, 0.15) is 0 Å². The molecule has 0 aliphatic carbocycles. The SMILES string of the molecule is O=C1C(=O)N(S(=O)(=O)c2ccccc2[N+](=O)[O-])c2ccccc21. The quantitative estimate of drug-likeness (QED) is 0.478. The Morgan fingerprint density at radius 1 is 0.957 bits per heavy atom. The van der Waals surface area contributed by atoms with Gasteiger partial charge in [0.05, 0.1) is 16.2 Å². The molecule has 1 aliphatic rings. The zero-order valence-electron chi connectivity index (χ0n) is 11.4. The van der Waals surface area contributed by atoms with E-state index in [-0.39, 0.29) is 11.3 Å². The summed E-state index contributed by atoms with van der Waals surface area (Å²) in [6.07, 6.45) is 0. The van der Waals surface area contributed by atoms with E-state index in [9.17, 15) is 28.1 Å². The average Bonchev–Trinajstić information content (AvgIpc) is 2.79. The number of anilines is 1. The summed E-state index contributed by atoms with van der Waals surface area (Å²) in [4.78, 5) is 33.5. The van der Waals surface area contributed by atoms with Crippen molar-refractivity contribution in [1.82, 2.24) is 0 Å². The summed E-state index contributed by atoms with van der Waals surface area (Å²) < 4.78 is 25.8. The highest BCUT2D eigenvalue weighted by molar-refractivity contribution is 7.94. The van der Waals surface area contributed by atoms with Gasteiger partial charge in [0, 0.05) is 6.07 Å². The third-order valence-electron chi connectivity index (χ3n) is 3.33. The molecular formula is C14H8N2O6S. The van der Waals surface area contributed by atoms with E-state index < -0.39 is 37.2 Å². The van der Waals surface area contributed by atoms with Crippen LogP contribution in [0.5, 0.6) is 0 Å². The molecule has 0 spiro atoms. The number of hydrogen-bond acceptors (Lipinski definition) is 6. The van der Waals surface area contributed by atoms with Gasteiger partial charge in [-0.2, -0.15) is 4.31 Å². The van der Waals surface area contributed by atoms with E-state index >= 15 is 0 Å². The smallest absolute Gasteiger partial charge is 0.283 e. The fourth-order valence-electron chi connectivity index (χ4n) is 2.32. The van der Waals surface area contributed by atoms with Crippen molar-refractivity contribution in [3.63, 3.8) is 0 Å². The van der Waals surface area contributed by atoms with Crippen molar-refractivity contribution < 1.29 is 22.9 Å². The lowest BCUT2D eigenvalue weighted by molar-refractivity contribution is -0.387. The molecule has 0 N–H and O–H groups in total. The highest BCUT2D eigenvalue weighted by Gasteiger charge is 2.45. The number of ketones is 1. The second-order valence-electron chi connectivity index (χ2n) is 4.65. The van der Waals surface area contributed by atoms with E-state index in [0.717, 1.165) is 12.1 Å². The predicted octanol–water partition coefficient (Wildman–Crippen LogP) is 1.51. The predicted molar refractivity (Wildman–Crippen MR) is 78.5 cm³/mol. The molecule has 1 amide bonds. The Morgan fingerprint density at radius 2 is 1.57 bits per heavy atom. The van der Waals surface area contributed by atoms with Crippen molar-refractivity contribution in [2.75, 3.05) is 4.31 Å². The van der Waals surface area contributed by atoms with Crippen LogP contribution in [0.3, 0.4) is 0 Å². The molecule has 23 heavy (non-hydrogen) atoms.